The lowest BCUT2D eigenvalue weighted by atomic mass is 9.89. The molecular formula is C21H43F. The molecule has 0 fully saturated rings. The van der Waals surface area contributed by atoms with Gasteiger partial charge in [0.2, 0.25) is 0 Å². The van der Waals surface area contributed by atoms with Gasteiger partial charge in [0, 0.05) is 0 Å². The van der Waals surface area contributed by atoms with E-state index >= 15 is 0 Å². The summed E-state index contributed by atoms with van der Waals surface area (Å²) in [6.45, 7) is 6.54. The molecule has 0 aliphatic heterocycles. The highest BCUT2D eigenvalue weighted by Gasteiger charge is 2.25. The van der Waals surface area contributed by atoms with Crippen molar-refractivity contribution in [1.29, 1.82) is 0 Å². The van der Waals surface area contributed by atoms with E-state index in [0.29, 0.717) is 6.42 Å². The zero-order valence-electron chi connectivity index (χ0n) is 15.9. The Morgan fingerprint density at radius 3 is 1.14 bits per heavy atom. The standard InChI is InChI=1S/C21H43F/c1-4-7-9-11-13-15-17-19-21(22,6-3)20-18-16-14-12-10-8-5-2/h4-20H2,1-3H3. The third-order valence-electron chi connectivity index (χ3n) is 5.09. The molecule has 0 bridgehead atoms. The van der Waals surface area contributed by atoms with E-state index in [9.17, 15) is 4.39 Å². The molecule has 0 nitrogen and oxygen atoms in total. The van der Waals surface area contributed by atoms with Crippen LogP contribution in [0.3, 0.4) is 0 Å². The zero-order valence-corrected chi connectivity index (χ0v) is 15.9. The van der Waals surface area contributed by atoms with Gasteiger partial charge in [-0.3, -0.25) is 0 Å². The smallest absolute Gasteiger partial charge is 0.110 e. The summed E-state index contributed by atoms with van der Waals surface area (Å²) in [6.07, 6.45) is 20.3. The summed E-state index contributed by atoms with van der Waals surface area (Å²) in [5.41, 5.74) is -0.868. The maximum absolute atomic E-state index is 14.8. The fourth-order valence-corrected chi connectivity index (χ4v) is 3.28. The second-order valence-electron chi connectivity index (χ2n) is 7.25. The Labute approximate surface area is 140 Å². The van der Waals surface area contributed by atoms with Gasteiger partial charge in [0.05, 0.1) is 0 Å². The van der Waals surface area contributed by atoms with Crippen molar-refractivity contribution in [2.24, 2.45) is 0 Å². The van der Waals surface area contributed by atoms with Gasteiger partial charge in [0.1, 0.15) is 5.67 Å². The molecule has 0 amide bonds. The van der Waals surface area contributed by atoms with Crippen molar-refractivity contribution in [2.75, 3.05) is 0 Å². The number of hydrogen-bond acceptors (Lipinski definition) is 0. The molecule has 0 unspecified atom stereocenters. The van der Waals surface area contributed by atoms with Gasteiger partial charge in [-0.05, 0) is 19.3 Å². The van der Waals surface area contributed by atoms with Gasteiger partial charge in [-0.1, -0.05) is 111 Å². The van der Waals surface area contributed by atoms with E-state index in [1.165, 1.54) is 77.0 Å². The Bertz CT molecular complexity index is 194. The van der Waals surface area contributed by atoms with E-state index in [2.05, 4.69) is 13.8 Å². The molecule has 0 atom stereocenters. The maximum Gasteiger partial charge on any atom is 0.110 e. The number of rotatable bonds is 17. The number of unbranched alkanes of at least 4 members (excludes halogenated alkanes) is 12. The first kappa shape index (κ1) is 21.9. The minimum Gasteiger partial charge on any atom is -0.244 e. The fourth-order valence-electron chi connectivity index (χ4n) is 3.28. The van der Waals surface area contributed by atoms with Crippen molar-refractivity contribution >= 4 is 0 Å². The van der Waals surface area contributed by atoms with Crippen LogP contribution >= 0.6 is 0 Å². The number of halogens is 1. The van der Waals surface area contributed by atoms with Crippen LogP contribution < -0.4 is 0 Å². The average molecular weight is 315 g/mol. The summed E-state index contributed by atoms with van der Waals surface area (Å²) in [5, 5.41) is 0. The van der Waals surface area contributed by atoms with Crippen molar-refractivity contribution in [3.63, 3.8) is 0 Å². The summed E-state index contributed by atoms with van der Waals surface area (Å²) >= 11 is 0. The Morgan fingerprint density at radius 1 is 0.500 bits per heavy atom. The topological polar surface area (TPSA) is 0 Å². The molecule has 0 aromatic rings. The summed E-state index contributed by atoms with van der Waals surface area (Å²) in [4.78, 5) is 0. The molecule has 0 saturated heterocycles. The lowest BCUT2D eigenvalue weighted by molar-refractivity contribution is 0.122. The van der Waals surface area contributed by atoms with Gasteiger partial charge < -0.3 is 0 Å². The zero-order chi connectivity index (χ0) is 16.5. The summed E-state index contributed by atoms with van der Waals surface area (Å²) in [5.74, 6) is 0. The molecule has 0 aliphatic rings. The van der Waals surface area contributed by atoms with E-state index in [1.807, 2.05) is 6.92 Å². The molecule has 0 aromatic carbocycles. The highest BCUT2D eigenvalue weighted by molar-refractivity contribution is 4.77. The van der Waals surface area contributed by atoms with Crippen LogP contribution in [0.15, 0.2) is 0 Å². The average Bonchev–Trinajstić information content (AvgIpc) is 2.53. The molecule has 0 aromatic heterocycles. The van der Waals surface area contributed by atoms with Crippen molar-refractivity contribution in [3.05, 3.63) is 0 Å². The van der Waals surface area contributed by atoms with Gasteiger partial charge in [-0.2, -0.15) is 0 Å². The molecule has 0 heterocycles. The van der Waals surface area contributed by atoms with Crippen molar-refractivity contribution in [2.45, 2.75) is 136 Å². The van der Waals surface area contributed by atoms with Crippen LogP contribution in [0.4, 0.5) is 4.39 Å². The van der Waals surface area contributed by atoms with E-state index in [1.54, 1.807) is 0 Å². The third-order valence-corrected chi connectivity index (χ3v) is 5.09. The first-order valence-electron chi connectivity index (χ1n) is 10.4. The third kappa shape index (κ3) is 13.6. The van der Waals surface area contributed by atoms with Gasteiger partial charge >= 0.3 is 0 Å². The predicted octanol–water partition coefficient (Wildman–Crippen LogP) is 8.39. The lowest BCUT2D eigenvalue weighted by Gasteiger charge is -2.24. The first-order valence-corrected chi connectivity index (χ1v) is 10.4. The van der Waals surface area contributed by atoms with Crippen LogP contribution in [0.2, 0.25) is 0 Å². The molecule has 0 N–H and O–H groups in total. The lowest BCUT2D eigenvalue weighted by Crippen LogP contribution is -2.21. The monoisotopic (exact) mass is 314 g/mol. The normalized spacial score (nSPS) is 12.0. The number of alkyl halides is 1. The second-order valence-corrected chi connectivity index (χ2v) is 7.25. The fraction of sp³-hybridized carbons (Fsp3) is 1.00. The largest absolute Gasteiger partial charge is 0.244 e. The molecule has 0 aliphatic carbocycles. The van der Waals surface area contributed by atoms with Crippen LogP contribution in [0, 0.1) is 0 Å². The quantitative estimate of drug-likeness (QED) is 0.236. The van der Waals surface area contributed by atoms with Gasteiger partial charge in [-0.25, -0.2) is 4.39 Å². The first-order chi connectivity index (χ1) is 10.7. The van der Waals surface area contributed by atoms with Crippen LogP contribution in [-0.4, -0.2) is 5.67 Å². The molecule has 0 rings (SSSR count). The van der Waals surface area contributed by atoms with E-state index in [-0.39, 0.29) is 0 Å². The molecule has 0 saturated carbocycles. The van der Waals surface area contributed by atoms with Crippen LogP contribution in [0.1, 0.15) is 130 Å². The minimum atomic E-state index is -0.868. The van der Waals surface area contributed by atoms with Crippen LogP contribution in [-0.2, 0) is 0 Å². The summed E-state index contributed by atoms with van der Waals surface area (Å²) < 4.78 is 14.8. The predicted molar refractivity (Wildman–Crippen MR) is 99.4 cm³/mol. The molecule has 134 valence electrons. The van der Waals surface area contributed by atoms with E-state index < -0.39 is 5.67 Å². The molecular weight excluding hydrogens is 271 g/mol. The molecule has 0 spiro atoms. The highest BCUT2D eigenvalue weighted by Crippen LogP contribution is 2.30. The van der Waals surface area contributed by atoms with E-state index in [0.717, 1.165) is 25.7 Å². The minimum absolute atomic E-state index is 0.707. The van der Waals surface area contributed by atoms with E-state index in [4.69, 9.17) is 0 Å². The molecule has 0 radical (unpaired) electrons. The Kier molecular flexibility index (Phi) is 15.8. The van der Waals surface area contributed by atoms with Crippen molar-refractivity contribution in [1.82, 2.24) is 0 Å². The highest BCUT2D eigenvalue weighted by atomic mass is 19.1. The second kappa shape index (κ2) is 15.8. The van der Waals surface area contributed by atoms with Crippen LogP contribution in [0.25, 0.3) is 0 Å². The number of hydrogen-bond donors (Lipinski definition) is 0. The SMILES string of the molecule is CCCCCCCCCC(F)(CC)CCCCCCCCC. The summed E-state index contributed by atoms with van der Waals surface area (Å²) in [7, 11) is 0. The maximum atomic E-state index is 14.8. The molecule has 22 heavy (non-hydrogen) atoms. The van der Waals surface area contributed by atoms with Gasteiger partial charge in [0.15, 0.2) is 0 Å². The Balaban J connectivity index is 3.54. The van der Waals surface area contributed by atoms with Crippen molar-refractivity contribution < 1.29 is 4.39 Å². The van der Waals surface area contributed by atoms with Gasteiger partial charge in [-0.15, -0.1) is 0 Å². The Morgan fingerprint density at radius 2 is 0.818 bits per heavy atom. The Hall–Kier alpha value is -0.0700. The van der Waals surface area contributed by atoms with Gasteiger partial charge in [0.25, 0.3) is 0 Å². The van der Waals surface area contributed by atoms with Crippen LogP contribution in [0.5, 0.6) is 0 Å². The van der Waals surface area contributed by atoms with Crippen molar-refractivity contribution in [3.8, 4) is 0 Å². The molecule has 1 heteroatoms. The summed E-state index contributed by atoms with van der Waals surface area (Å²) in [6, 6.07) is 0.